The van der Waals surface area contributed by atoms with Gasteiger partial charge >= 0.3 is 5.63 Å². The van der Waals surface area contributed by atoms with Crippen LogP contribution in [0.1, 0.15) is 17.3 Å². The number of amides is 1. The van der Waals surface area contributed by atoms with Gasteiger partial charge in [0, 0.05) is 17.6 Å². The summed E-state index contributed by atoms with van der Waals surface area (Å²) < 4.78 is 18.2. The maximum atomic E-state index is 13.0. The lowest BCUT2D eigenvalue weighted by Gasteiger charge is -2.20. The normalized spacial score (nSPS) is 10.7. The van der Waals surface area contributed by atoms with Gasteiger partial charge in [0.25, 0.3) is 5.91 Å². The van der Waals surface area contributed by atoms with Gasteiger partial charge in [0.2, 0.25) is 0 Å². The van der Waals surface area contributed by atoms with Gasteiger partial charge < -0.3 is 9.32 Å². The first-order chi connectivity index (χ1) is 11.1. The highest BCUT2D eigenvalue weighted by atomic mass is 19.1. The van der Waals surface area contributed by atoms with E-state index in [4.69, 9.17) is 4.42 Å². The Morgan fingerprint density at radius 3 is 2.52 bits per heavy atom. The predicted octanol–water partition coefficient (Wildman–Crippen LogP) is 3.60. The summed E-state index contributed by atoms with van der Waals surface area (Å²) in [6.07, 6.45) is 0. The molecule has 23 heavy (non-hydrogen) atoms. The number of nitrogens with zero attached hydrogens (tertiary/aromatic N) is 1. The van der Waals surface area contributed by atoms with Gasteiger partial charge in [-0.15, -0.1) is 0 Å². The van der Waals surface area contributed by atoms with Crippen LogP contribution in [-0.2, 0) is 0 Å². The maximum Gasteiger partial charge on any atom is 0.349 e. The van der Waals surface area contributed by atoms with Gasteiger partial charge in [0.15, 0.2) is 0 Å². The van der Waals surface area contributed by atoms with Crippen LogP contribution in [0.5, 0.6) is 0 Å². The molecule has 3 rings (SSSR count). The van der Waals surface area contributed by atoms with Gasteiger partial charge in [-0.05, 0) is 43.3 Å². The zero-order valence-electron chi connectivity index (χ0n) is 12.5. The van der Waals surface area contributed by atoms with Crippen LogP contribution in [0.3, 0.4) is 0 Å². The van der Waals surface area contributed by atoms with Gasteiger partial charge in [-0.2, -0.15) is 0 Å². The summed E-state index contributed by atoms with van der Waals surface area (Å²) in [5, 5.41) is 0.672. The molecule has 0 aliphatic rings. The van der Waals surface area contributed by atoms with Crippen LogP contribution in [0.2, 0.25) is 0 Å². The molecule has 0 spiro atoms. The number of fused-ring (bicyclic) bond motifs is 1. The van der Waals surface area contributed by atoms with Gasteiger partial charge in [-0.1, -0.05) is 18.2 Å². The van der Waals surface area contributed by atoms with Crippen molar-refractivity contribution in [3.8, 4) is 0 Å². The van der Waals surface area contributed by atoms with Crippen molar-refractivity contribution in [1.29, 1.82) is 0 Å². The Kier molecular flexibility index (Phi) is 3.93. The predicted molar refractivity (Wildman–Crippen MR) is 86.2 cm³/mol. The van der Waals surface area contributed by atoms with E-state index in [1.807, 2.05) is 0 Å². The first-order valence-electron chi connectivity index (χ1n) is 7.20. The van der Waals surface area contributed by atoms with Crippen molar-refractivity contribution in [2.75, 3.05) is 11.4 Å². The zero-order chi connectivity index (χ0) is 16.4. The molecule has 2 aromatic carbocycles. The molecule has 0 aliphatic carbocycles. The third-order valence-corrected chi connectivity index (χ3v) is 3.57. The Hall–Kier alpha value is -2.95. The average Bonchev–Trinajstić information content (AvgIpc) is 2.56. The number of carbonyl (C=O) groups is 1. The quantitative estimate of drug-likeness (QED) is 0.694. The highest BCUT2D eigenvalue weighted by molar-refractivity contribution is 6.07. The fourth-order valence-electron chi connectivity index (χ4n) is 2.42. The number of hydrogen-bond acceptors (Lipinski definition) is 3. The Morgan fingerprint density at radius 1 is 1.13 bits per heavy atom. The molecule has 3 aromatic rings. The SMILES string of the molecule is CCN(C(=O)c1cc2ccccc2oc1=O)c1ccc(F)cc1. The summed E-state index contributed by atoms with van der Waals surface area (Å²) in [4.78, 5) is 26.2. The lowest BCUT2D eigenvalue weighted by molar-refractivity contribution is 0.0985. The van der Waals surface area contributed by atoms with Crippen LogP contribution in [0.4, 0.5) is 10.1 Å². The summed E-state index contributed by atoms with van der Waals surface area (Å²) in [7, 11) is 0. The molecule has 0 saturated carbocycles. The molecule has 0 atom stereocenters. The van der Waals surface area contributed by atoms with Crippen molar-refractivity contribution >= 4 is 22.6 Å². The van der Waals surface area contributed by atoms with E-state index < -0.39 is 11.5 Å². The van der Waals surface area contributed by atoms with E-state index in [0.29, 0.717) is 23.2 Å². The van der Waals surface area contributed by atoms with E-state index in [2.05, 4.69) is 0 Å². The smallest absolute Gasteiger partial charge is 0.349 e. The minimum absolute atomic E-state index is 0.0464. The van der Waals surface area contributed by atoms with Gasteiger partial charge in [0.1, 0.15) is 17.0 Å². The Labute approximate surface area is 131 Å². The van der Waals surface area contributed by atoms with E-state index in [0.717, 1.165) is 0 Å². The van der Waals surface area contributed by atoms with E-state index >= 15 is 0 Å². The highest BCUT2D eigenvalue weighted by Gasteiger charge is 2.20. The average molecular weight is 311 g/mol. The molecule has 0 aliphatic heterocycles. The van der Waals surface area contributed by atoms with E-state index in [-0.39, 0.29) is 11.4 Å². The third kappa shape index (κ3) is 2.85. The molecule has 116 valence electrons. The number of hydrogen-bond donors (Lipinski definition) is 0. The number of para-hydroxylation sites is 1. The van der Waals surface area contributed by atoms with E-state index in [1.54, 1.807) is 31.2 Å². The number of benzene rings is 2. The monoisotopic (exact) mass is 311 g/mol. The molecule has 0 fully saturated rings. The first kappa shape index (κ1) is 15.0. The molecule has 0 bridgehead atoms. The van der Waals surface area contributed by atoms with Crippen molar-refractivity contribution in [2.24, 2.45) is 0 Å². The number of anilines is 1. The summed E-state index contributed by atoms with van der Waals surface area (Å²) in [6.45, 7) is 2.13. The Bertz CT molecular complexity index is 915. The van der Waals surface area contributed by atoms with Crippen LogP contribution in [-0.4, -0.2) is 12.5 Å². The molecule has 1 heterocycles. The van der Waals surface area contributed by atoms with Crippen molar-refractivity contribution in [3.63, 3.8) is 0 Å². The largest absolute Gasteiger partial charge is 0.422 e. The fourth-order valence-corrected chi connectivity index (χ4v) is 2.42. The molecule has 1 amide bonds. The molecule has 0 unspecified atom stereocenters. The van der Waals surface area contributed by atoms with Crippen LogP contribution in [0.15, 0.2) is 63.8 Å². The van der Waals surface area contributed by atoms with Crippen molar-refractivity contribution in [2.45, 2.75) is 6.92 Å². The lowest BCUT2D eigenvalue weighted by atomic mass is 10.1. The molecular formula is C18H14FNO3. The maximum absolute atomic E-state index is 13.0. The van der Waals surface area contributed by atoms with Gasteiger partial charge in [-0.3, -0.25) is 4.79 Å². The van der Waals surface area contributed by atoms with Crippen LogP contribution < -0.4 is 10.5 Å². The number of halogens is 1. The molecule has 0 N–H and O–H groups in total. The van der Waals surface area contributed by atoms with E-state index in [9.17, 15) is 14.0 Å². The summed E-state index contributed by atoms with van der Waals surface area (Å²) in [6, 6.07) is 14.1. The molecule has 0 saturated heterocycles. The highest BCUT2D eigenvalue weighted by Crippen LogP contribution is 2.19. The second-order valence-electron chi connectivity index (χ2n) is 5.01. The molecule has 5 heteroatoms. The molecule has 4 nitrogen and oxygen atoms in total. The minimum atomic E-state index is -0.686. The standard InChI is InChI=1S/C18H14FNO3/c1-2-20(14-9-7-13(19)8-10-14)17(21)15-11-12-5-3-4-6-16(12)23-18(15)22/h3-11H,2H2,1H3. The molecular weight excluding hydrogens is 297 g/mol. The van der Waals surface area contributed by atoms with Crippen LogP contribution in [0.25, 0.3) is 11.0 Å². The van der Waals surface area contributed by atoms with Crippen molar-refractivity contribution in [3.05, 3.63) is 76.4 Å². The summed E-state index contributed by atoms with van der Waals surface area (Å²) >= 11 is 0. The Morgan fingerprint density at radius 2 is 1.83 bits per heavy atom. The molecule has 0 radical (unpaired) electrons. The number of rotatable bonds is 3. The summed E-state index contributed by atoms with van der Waals surface area (Å²) in [5.74, 6) is -0.860. The topological polar surface area (TPSA) is 50.5 Å². The van der Waals surface area contributed by atoms with Gasteiger partial charge in [0.05, 0.1) is 0 Å². The first-order valence-corrected chi connectivity index (χ1v) is 7.20. The lowest BCUT2D eigenvalue weighted by Crippen LogP contribution is -2.33. The van der Waals surface area contributed by atoms with E-state index in [1.165, 1.54) is 35.2 Å². The second kappa shape index (κ2) is 6.04. The molecule has 1 aromatic heterocycles. The van der Waals surface area contributed by atoms with Gasteiger partial charge in [-0.25, -0.2) is 9.18 Å². The van der Waals surface area contributed by atoms with Crippen molar-refractivity contribution in [1.82, 2.24) is 0 Å². The third-order valence-electron chi connectivity index (χ3n) is 3.57. The summed E-state index contributed by atoms with van der Waals surface area (Å²) in [5.41, 5.74) is 0.217. The van der Waals surface area contributed by atoms with Crippen LogP contribution in [0, 0.1) is 5.82 Å². The van der Waals surface area contributed by atoms with Crippen molar-refractivity contribution < 1.29 is 13.6 Å². The van der Waals surface area contributed by atoms with Crippen LogP contribution >= 0.6 is 0 Å². The second-order valence-corrected chi connectivity index (χ2v) is 5.01. The zero-order valence-corrected chi connectivity index (χ0v) is 12.5. The Balaban J connectivity index is 2.05. The number of carbonyl (C=O) groups excluding carboxylic acids is 1. The minimum Gasteiger partial charge on any atom is -0.422 e. The fraction of sp³-hybridized carbons (Fsp3) is 0.111.